The van der Waals surface area contributed by atoms with Crippen LogP contribution in [-0.4, -0.2) is 40.5 Å². The lowest BCUT2D eigenvalue weighted by Gasteiger charge is -2.20. The highest BCUT2D eigenvalue weighted by Gasteiger charge is 2.13. The summed E-state index contributed by atoms with van der Waals surface area (Å²) in [5, 5.41) is 14.9. The molecule has 0 radical (unpaired) electrons. The lowest BCUT2D eigenvalue weighted by Crippen LogP contribution is -2.39. The smallest absolute Gasteiger partial charge is 0.192 e. The summed E-state index contributed by atoms with van der Waals surface area (Å²) in [4.78, 5) is 4.64. The van der Waals surface area contributed by atoms with E-state index in [4.69, 9.17) is 9.47 Å². The Bertz CT molecular complexity index is 837. The van der Waals surface area contributed by atoms with E-state index in [0.29, 0.717) is 32.3 Å². The van der Waals surface area contributed by atoms with Crippen LogP contribution in [0.4, 0.5) is 0 Å². The molecule has 0 aliphatic carbocycles. The van der Waals surface area contributed by atoms with Crippen LogP contribution >= 0.6 is 24.0 Å². The van der Waals surface area contributed by atoms with Crippen LogP contribution in [0.5, 0.6) is 11.5 Å². The number of guanidine groups is 1. The summed E-state index contributed by atoms with van der Waals surface area (Å²) in [6.07, 6.45) is 1.79. The highest BCUT2D eigenvalue weighted by molar-refractivity contribution is 14.0. The molecule has 2 aromatic rings. The molecule has 30 heavy (non-hydrogen) atoms. The molecule has 0 fully saturated rings. The predicted octanol–water partition coefficient (Wildman–Crippen LogP) is 3.52. The molecule has 1 unspecified atom stereocenters. The molecule has 0 amide bonds. The second kappa shape index (κ2) is 13.1. The third-order valence-corrected chi connectivity index (χ3v) is 4.40. The molecule has 0 saturated carbocycles. The number of benzene rings is 1. The van der Waals surface area contributed by atoms with Crippen LogP contribution in [0.1, 0.15) is 44.0 Å². The molecule has 0 bridgehead atoms. The summed E-state index contributed by atoms with van der Waals surface area (Å²) in [5.74, 6) is 3.82. The van der Waals surface area contributed by atoms with E-state index in [0.717, 1.165) is 28.7 Å². The van der Waals surface area contributed by atoms with E-state index in [1.165, 1.54) is 0 Å². The Morgan fingerprint density at radius 1 is 1.23 bits per heavy atom. The summed E-state index contributed by atoms with van der Waals surface area (Å²) in [5.41, 5.74) is 1.07. The molecule has 2 N–H and O–H groups in total. The van der Waals surface area contributed by atoms with Crippen molar-refractivity contribution in [1.29, 1.82) is 0 Å². The van der Waals surface area contributed by atoms with Crippen molar-refractivity contribution in [3.8, 4) is 11.5 Å². The van der Waals surface area contributed by atoms with Gasteiger partial charge in [0.25, 0.3) is 0 Å². The number of aryl methyl sites for hydroxylation is 1. The van der Waals surface area contributed by atoms with Crippen molar-refractivity contribution < 1.29 is 9.47 Å². The van der Waals surface area contributed by atoms with Gasteiger partial charge in [0.15, 0.2) is 23.3 Å². The molecule has 8 nitrogen and oxygen atoms in total. The van der Waals surface area contributed by atoms with E-state index < -0.39 is 0 Å². The van der Waals surface area contributed by atoms with Gasteiger partial charge in [-0.25, -0.2) is 4.99 Å². The minimum atomic E-state index is 0. The van der Waals surface area contributed by atoms with Crippen molar-refractivity contribution in [3.05, 3.63) is 48.1 Å². The van der Waals surface area contributed by atoms with Gasteiger partial charge in [0.1, 0.15) is 12.4 Å². The second-order valence-corrected chi connectivity index (χ2v) is 6.50. The highest BCUT2D eigenvalue weighted by Crippen LogP contribution is 2.30. The number of ether oxygens (including phenoxy) is 2. The van der Waals surface area contributed by atoms with Crippen molar-refractivity contribution in [2.75, 3.05) is 19.8 Å². The number of aromatic nitrogens is 3. The van der Waals surface area contributed by atoms with Gasteiger partial charge in [0, 0.05) is 13.6 Å². The van der Waals surface area contributed by atoms with E-state index in [1.807, 2.05) is 50.6 Å². The van der Waals surface area contributed by atoms with Gasteiger partial charge in [0.05, 0.1) is 19.3 Å². The third kappa shape index (κ3) is 7.19. The van der Waals surface area contributed by atoms with Gasteiger partial charge < -0.3 is 24.7 Å². The maximum atomic E-state index is 5.74. The fraction of sp³-hybridized carbons (Fsp3) is 0.476. The van der Waals surface area contributed by atoms with Crippen LogP contribution in [0.15, 0.2) is 35.8 Å². The average molecular weight is 528 g/mol. The monoisotopic (exact) mass is 528 g/mol. The molecule has 0 saturated heterocycles. The molecular formula is C21H33IN6O2. The van der Waals surface area contributed by atoms with Crippen molar-refractivity contribution >= 4 is 29.9 Å². The average Bonchev–Trinajstić information content (AvgIpc) is 3.03. The first-order chi connectivity index (χ1) is 14.0. The standard InChI is InChI=1S/C21H32N6O2.HI/c1-7-12-22-21(23-14-20-26-25-16(5)27(20)6)24-15(4)17-10-11-18(28-8-2)19(13-17)29-9-3;/h7,10-11,13,15H,1,8-9,12,14H2,2-6H3,(H2,22,23,24);1H. The lowest BCUT2D eigenvalue weighted by atomic mass is 10.1. The Hall–Kier alpha value is -2.30. The number of hydrogen-bond acceptors (Lipinski definition) is 5. The molecule has 0 aliphatic heterocycles. The second-order valence-electron chi connectivity index (χ2n) is 6.50. The van der Waals surface area contributed by atoms with Gasteiger partial charge in [-0.2, -0.15) is 0 Å². The van der Waals surface area contributed by atoms with E-state index in [2.05, 4.69) is 39.3 Å². The van der Waals surface area contributed by atoms with E-state index in [1.54, 1.807) is 6.08 Å². The van der Waals surface area contributed by atoms with Gasteiger partial charge in [-0.05, 0) is 45.4 Å². The van der Waals surface area contributed by atoms with Crippen molar-refractivity contribution in [3.63, 3.8) is 0 Å². The SMILES string of the molecule is C=CCNC(=NCc1nnc(C)n1C)NC(C)c1ccc(OCC)c(OCC)c1.I. The maximum absolute atomic E-state index is 5.74. The molecule has 0 spiro atoms. The zero-order valence-corrected chi connectivity index (χ0v) is 20.8. The van der Waals surface area contributed by atoms with Crippen LogP contribution < -0.4 is 20.1 Å². The number of rotatable bonds is 10. The minimum absolute atomic E-state index is 0. The van der Waals surface area contributed by atoms with Gasteiger partial charge in [-0.3, -0.25) is 0 Å². The minimum Gasteiger partial charge on any atom is -0.490 e. The van der Waals surface area contributed by atoms with Crippen LogP contribution in [0, 0.1) is 6.92 Å². The summed E-state index contributed by atoms with van der Waals surface area (Å²) < 4.78 is 13.3. The topological polar surface area (TPSA) is 85.6 Å². The summed E-state index contributed by atoms with van der Waals surface area (Å²) in [6, 6.07) is 5.98. The summed E-state index contributed by atoms with van der Waals surface area (Å²) in [6.45, 7) is 13.9. The fourth-order valence-electron chi connectivity index (χ4n) is 2.69. The molecular weight excluding hydrogens is 495 g/mol. The number of aliphatic imine (C=N–C) groups is 1. The number of hydrogen-bond donors (Lipinski definition) is 2. The quantitative estimate of drug-likeness (QED) is 0.213. The highest BCUT2D eigenvalue weighted by atomic mass is 127. The Labute approximate surface area is 196 Å². The van der Waals surface area contributed by atoms with Crippen LogP contribution in [0.25, 0.3) is 0 Å². The number of nitrogens with one attached hydrogen (secondary N) is 2. The summed E-state index contributed by atoms with van der Waals surface area (Å²) in [7, 11) is 1.93. The van der Waals surface area contributed by atoms with Crippen molar-refractivity contribution in [1.82, 2.24) is 25.4 Å². The molecule has 1 aromatic carbocycles. The van der Waals surface area contributed by atoms with Gasteiger partial charge in [0.2, 0.25) is 0 Å². The normalized spacial score (nSPS) is 12.0. The molecule has 2 rings (SSSR count). The van der Waals surface area contributed by atoms with E-state index in [9.17, 15) is 0 Å². The van der Waals surface area contributed by atoms with E-state index in [-0.39, 0.29) is 30.0 Å². The van der Waals surface area contributed by atoms with Crippen LogP contribution in [0.2, 0.25) is 0 Å². The predicted molar refractivity (Wildman–Crippen MR) is 131 cm³/mol. The zero-order valence-electron chi connectivity index (χ0n) is 18.4. The molecule has 9 heteroatoms. The Morgan fingerprint density at radius 2 is 1.93 bits per heavy atom. The van der Waals surface area contributed by atoms with Gasteiger partial charge in [-0.15, -0.1) is 40.8 Å². The molecule has 1 atom stereocenters. The van der Waals surface area contributed by atoms with Crippen molar-refractivity contribution in [2.45, 2.75) is 40.3 Å². The van der Waals surface area contributed by atoms with Crippen LogP contribution in [0.3, 0.4) is 0 Å². The Balaban J connectivity index is 0.00000450. The van der Waals surface area contributed by atoms with E-state index >= 15 is 0 Å². The van der Waals surface area contributed by atoms with Gasteiger partial charge >= 0.3 is 0 Å². The van der Waals surface area contributed by atoms with Gasteiger partial charge in [-0.1, -0.05) is 12.1 Å². The molecule has 0 aliphatic rings. The first kappa shape index (κ1) is 25.7. The molecule has 1 heterocycles. The Kier molecular flexibility index (Phi) is 11.2. The molecule has 1 aromatic heterocycles. The number of nitrogens with zero attached hydrogens (tertiary/aromatic N) is 4. The first-order valence-electron chi connectivity index (χ1n) is 9.90. The number of halogens is 1. The largest absolute Gasteiger partial charge is 0.490 e. The third-order valence-electron chi connectivity index (χ3n) is 4.40. The Morgan fingerprint density at radius 3 is 2.53 bits per heavy atom. The van der Waals surface area contributed by atoms with Crippen molar-refractivity contribution in [2.24, 2.45) is 12.0 Å². The van der Waals surface area contributed by atoms with Crippen LogP contribution in [-0.2, 0) is 13.6 Å². The fourth-order valence-corrected chi connectivity index (χ4v) is 2.69. The first-order valence-corrected chi connectivity index (χ1v) is 9.90. The summed E-state index contributed by atoms with van der Waals surface area (Å²) >= 11 is 0. The maximum Gasteiger partial charge on any atom is 0.192 e. The lowest BCUT2D eigenvalue weighted by molar-refractivity contribution is 0.287. The zero-order chi connectivity index (χ0) is 21.2. The molecule has 166 valence electrons.